The van der Waals surface area contributed by atoms with Gasteiger partial charge in [0.1, 0.15) is 0 Å². The Morgan fingerprint density at radius 3 is 2.78 bits per heavy atom. The molecule has 1 amide bonds. The van der Waals surface area contributed by atoms with Gasteiger partial charge in [-0.1, -0.05) is 42.5 Å². The third kappa shape index (κ3) is 6.98. The molecule has 4 nitrogen and oxygen atoms in total. The lowest BCUT2D eigenvalue weighted by atomic mass is 10.0. The third-order valence-corrected chi connectivity index (χ3v) is 4.87. The predicted molar refractivity (Wildman–Crippen MR) is 116 cm³/mol. The topological polar surface area (TPSA) is 53.2 Å². The first-order chi connectivity index (χ1) is 12.8. The van der Waals surface area contributed by atoms with E-state index in [4.69, 9.17) is 0 Å². The Bertz CT molecular complexity index is 736. The van der Waals surface area contributed by atoms with E-state index in [0.29, 0.717) is 6.04 Å². The molecule has 2 aromatic carbocycles. The molecule has 2 aromatic rings. The molecule has 1 aliphatic heterocycles. The number of amides is 1. The summed E-state index contributed by atoms with van der Waals surface area (Å²) in [6, 6.07) is 15.0. The number of fused-ring (bicyclic) bond motifs is 1. The van der Waals surface area contributed by atoms with Crippen LogP contribution >= 0.6 is 12.4 Å². The van der Waals surface area contributed by atoms with Crippen LogP contribution in [0.5, 0.6) is 0 Å². The van der Waals surface area contributed by atoms with E-state index < -0.39 is 0 Å². The summed E-state index contributed by atoms with van der Waals surface area (Å²) in [5, 5.41) is 12.3. The molecule has 0 aromatic heterocycles. The van der Waals surface area contributed by atoms with Gasteiger partial charge >= 0.3 is 0 Å². The summed E-state index contributed by atoms with van der Waals surface area (Å²) in [5.41, 5.74) is 1.07. The second-order valence-corrected chi connectivity index (χ2v) is 6.90. The summed E-state index contributed by atoms with van der Waals surface area (Å²) in [7, 11) is 0. The summed E-state index contributed by atoms with van der Waals surface area (Å²) in [4.78, 5) is 12.0. The molecule has 146 valence electrons. The maximum absolute atomic E-state index is 12.0. The molecule has 1 heterocycles. The molecular weight excluding hydrogens is 358 g/mol. The maximum atomic E-state index is 12.0. The SMILES string of the molecule is Cl.O=C(/C=C/c1cccc2ccccc12)NCCCCNC[C@@H]1CCCN1. The smallest absolute Gasteiger partial charge is 0.243 e. The quantitative estimate of drug-likeness (QED) is 0.456. The fourth-order valence-corrected chi connectivity index (χ4v) is 3.41. The number of carbonyl (C=O) groups is 1. The molecule has 3 N–H and O–H groups in total. The number of benzene rings is 2. The molecular formula is C22H30ClN3O. The van der Waals surface area contributed by atoms with Crippen LogP contribution in [0.2, 0.25) is 0 Å². The highest BCUT2D eigenvalue weighted by Gasteiger charge is 2.12. The van der Waals surface area contributed by atoms with Gasteiger partial charge in [-0.25, -0.2) is 0 Å². The summed E-state index contributed by atoms with van der Waals surface area (Å²) >= 11 is 0. The van der Waals surface area contributed by atoms with Crippen molar-refractivity contribution in [2.75, 3.05) is 26.2 Å². The van der Waals surface area contributed by atoms with Crippen LogP contribution in [0, 0.1) is 0 Å². The van der Waals surface area contributed by atoms with Crippen LogP contribution in [-0.2, 0) is 4.79 Å². The van der Waals surface area contributed by atoms with Crippen molar-refractivity contribution in [1.82, 2.24) is 16.0 Å². The highest BCUT2D eigenvalue weighted by Crippen LogP contribution is 2.19. The van der Waals surface area contributed by atoms with Crippen molar-refractivity contribution in [2.45, 2.75) is 31.7 Å². The Morgan fingerprint density at radius 2 is 1.93 bits per heavy atom. The fraction of sp³-hybridized carbons (Fsp3) is 0.409. The molecule has 1 fully saturated rings. The van der Waals surface area contributed by atoms with E-state index in [1.54, 1.807) is 6.08 Å². The lowest BCUT2D eigenvalue weighted by Crippen LogP contribution is -2.34. The van der Waals surface area contributed by atoms with E-state index in [9.17, 15) is 4.79 Å². The minimum Gasteiger partial charge on any atom is -0.353 e. The van der Waals surface area contributed by atoms with Gasteiger partial charge in [-0.15, -0.1) is 12.4 Å². The second kappa shape index (κ2) is 11.8. The fourth-order valence-electron chi connectivity index (χ4n) is 3.41. The molecule has 0 aliphatic carbocycles. The van der Waals surface area contributed by atoms with Crippen LogP contribution in [0.4, 0.5) is 0 Å². The van der Waals surface area contributed by atoms with Gasteiger partial charge in [-0.3, -0.25) is 4.79 Å². The molecule has 0 unspecified atom stereocenters. The molecule has 1 atom stereocenters. The van der Waals surface area contributed by atoms with Crippen molar-refractivity contribution < 1.29 is 4.79 Å². The van der Waals surface area contributed by atoms with Crippen LogP contribution in [0.25, 0.3) is 16.8 Å². The summed E-state index contributed by atoms with van der Waals surface area (Å²) < 4.78 is 0. The monoisotopic (exact) mass is 387 g/mol. The van der Waals surface area contributed by atoms with Crippen molar-refractivity contribution in [3.05, 3.63) is 54.1 Å². The zero-order chi connectivity index (χ0) is 18.0. The van der Waals surface area contributed by atoms with Gasteiger partial charge in [0.15, 0.2) is 0 Å². The number of rotatable bonds is 9. The van der Waals surface area contributed by atoms with Crippen LogP contribution < -0.4 is 16.0 Å². The van der Waals surface area contributed by atoms with E-state index in [1.807, 2.05) is 30.3 Å². The largest absolute Gasteiger partial charge is 0.353 e. The lowest BCUT2D eigenvalue weighted by Gasteiger charge is -2.11. The highest BCUT2D eigenvalue weighted by molar-refractivity contribution is 5.96. The maximum Gasteiger partial charge on any atom is 0.243 e. The average Bonchev–Trinajstić information content (AvgIpc) is 3.19. The summed E-state index contributed by atoms with van der Waals surface area (Å²) in [6.45, 7) is 3.95. The van der Waals surface area contributed by atoms with Crippen molar-refractivity contribution in [3.63, 3.8) is 0 Å². The van der Waals surface area contributed by atoms with E-state index in [-0.39, 0.29) is 18.3 Å². The van der Waals surface area contributed by atoms with Gasteiger partial charge in [0.05, 0.1) is 0 Å². The molecule has 1 aliphatic rings. The average molecular weight is 388 g/mol. The van der Waals surface area contributed by atoms with Gasteiger partial charge in [0.2, 0.25) is 5.91 Å². The standard InChI is InChI=1S/C22H29N3O.ClH/c26-22(25-15-4-3-14-23-17-20-10-6-16-24-20)13-12-19-9-5-8-18-7-1-2-11-21(18)19;/h1-2,5,7-9,11-13,20,23-24H,3-4,6,10,14-17H2,(H,25,26);1H/b13-12+;/t20-;/m0./s1. The van der Waals surface area contributed by atoms with Crippen molar-refractivity contribution in [2.24, 2.45) is 0 Å². The molecule has 5 heteroatoms. The number of unbranched alkanes of at least 4 members (excludes halogenated alkanes) is 1. The Hall–Kier alpha value is -1.88. The van der Waals surface area contributed by atoms with Crippen molar-refractivity contribution in [1.29, 1.82) is 0 Å². The highest BCUT2D eigenvalue weighted by atomic mass is 35.5. The third-order valence-electron chi connectivity index (χ3n) is 4.87. The first kappa shape index (κ1) is 21.4. The minimum atomic E-state index is -0.0268. The number of nitrogens with one attached hydrogen (secondary N) is 3. The molecule has 0 saturated carbocycles. The Balaban J connectivity index is 0.00000261. The van der Waals surface area contributed by atoms with Gasteiger partial charge in [-0.2, -0.15) is 0 Å². The Labute approximate surface area is 168 Å². The van der Waals surface area contributed by atoms with Crippen LogP contribution in [0.1, 0.15) is 31.2 Å². The van der Waals surface area contributed by atoms with Crippen molar-refractivity contribution >= 4 is 35.2 Å². The van der Waals surface area contributed by atoms with E-state index in [2.05, 4.69) is 34.1 Å². The first-order valence-electron chi connectivity index (χ1n) is 9.71. The van der Waals surface area contributed by atoms with Gasteiger partial charge in [0, 0.05) is 25.2 Å². The summed E-state index contributed by atoms with van der Waals surface area (Å²) in [5.74, 6) is -0.0268. The van der Waals surface area contributed by atoms with Gasteiger partial charge < -0.3 is 16.0 Å². The molecule has 0 radical (unpaired) electrons. The van der Waals surface area contributed by atoms with Crippen molar-refractivity contribution in [3.8, 4) is 0 Å². The molecule has 3 rings (SSSR count). The Morgan fingerprint density at radius 1 is 1.11 bits per heavy atom. The number of carbonyl (C=O) groups excluding carboxylic acids is 1. The van der Waals surface area contributed by atoms with Crippen LogP contribution in [-0.4, -0.2) is 38.1 Å². The molecule has 0 spiro atoms. The summed E-state index contributed by atoms with van der Waals surface area (Å²) in [6.07, 6.45) is 8.19. The van der Waals surface area contributed by atoms with Crippen LogP contribution in [0.3, 0.4) is 0 Å². The van der Waals surface area contributed by atoms with E-state index in [0.717, 1.165) is 44.6 Å². The molecule has 0 bridgehead atoms. The number of halogens is 1. The number of hydrogen-bond donors (Lipinski definition) is 3. The zero-order valence-electron chi connectivity index (χ0n) is 15.7. The minimum absolute atomic E-state index is 0. The van der Waals surface area contributed by atoms with E-state index in [1.165, 1.54) is 23.6 Å². The Kier molecular flexibility index (Phi) is 9.32. The number of hydrogen-bond acceptors (Lipinski definition) is 3. The molecule has 27 heavy (non-hydrogen) atoms. The second-order valence-electron chi connectivity index (χ2n) is 6.90. The predicted octanol–water partition coefficient (Wildman–Crippen LogP) is 3.51. The zero-order valence-corrected chi connectivity index (χ0v) is 16.6. The van der Waals surface area contributed by atoms with Crippen LogP contribution in [0.15, 0.2) is 48.5 Å². The lowest BCUT2D eigenvalue weighted by molar-refractivity contribution is -0.116. The van der Waals surface area contributed by atoms with E-state index >= 15 is 0 Å². The normalized spacial score (nSPS) is 16.5. The first-order valence-corrected chi connectivity index (χ1v) is 9.71. The van der Waals surface area contributed by atoms with Gasteiger partial charge in [-0.05, 0) is 61.2 Å². The molecule has 1 saturated heterocycles. The van der Waals surface area contributed by atoms with Gasteiger partial charge in [0.25, 0.3) is 0 Å².